The molecule has 0 fully saturated rings. The molecule has 9 heteroatoms. The number of aromatic nitrogens is 3. The van der Waals surface area contributed by atoms with Gasteiger partial charge in [-0.15, -0.1) is 5.10 Å². The highest BCUT2D eigenvalue weighted by molar-refractivity contribution is 5.95. The summed E-state index contributed by atoms with van der Waals surface area (Å²) in [6, 6.07) is 17.2. The van der Waals surface area contributed by atoms with E-state index in [1.807, 2.05) is 36.4 Å². The standard InChI is InChI=1S/C23H23N5O4/c29-21(24-12-7-14-28-23(31)27-13-5-4-11-20(27)26-28)18(16-17-8-2-1-3-9-17)25-22(30)19-10-6-15-32-19/h1-6,8-11,13,15,18H,7,12,14,16H2,(H,24,29)(H,25,30). The molecule has 2 amide bonds. The number of aryl methyl sites for hydroxylation is 1. The van der Waals surface area contributed by atoms with Gasteiger partial charge >= 0.3 is 5.69 Å². The zero-order valence-electron chi connectivity index (χ0n) is 17.3. The topological polar surface area (TPSA) is 111 Å². The van der Waals surface area contributed by atoms with Crippen molar-refractivity contribution in [2.75, 3.05) is 6.54 Å². The Bertz CT molecular complexity index is 1240. The molecule has 32 heavy (non-hydrogen) atoms. The van der Waals surface area contributed by atoms with Crippen molar-refractivity contribution in [2.24, 2.45) is 0 Å². The number of nitrogens with zero attached hydrogens (tertiary/aromatic N) is 3. The molecule has 9 nitrogen and oxygen atoms in total. The lowest BCUT2D eigenvalue weighted by Crippen LogP contribution is -2.48. The molecule has 0 saturated carbocycles. The molecule has 0 saturated heterocycles. The summed E-state index contributed by atoms with van der Waals surface area (Å²) >= 11 is 0. The smallest absolute Gasteiger partial charge is 0.350 e. The van der Waals surface area contributed by atoms with E-state index in [9.17, 15) is 14.4 Å². The van der Waals surface area contributed by atoms with Gasteiger partial charge in [0.05, 0.1) is 6.26 Å². The number of rotatable bonds is 9. The molecule has 0 radical (unpaired) electrons. The Balaban J connectivity index is 1.36. The summed E-state index contributed by atoms with van der Waals surface area (Å²) in [6.45, 7) is 0.698. The fourth-order valence-corrected chi connectivity index (χ4v) is 3.37. The largest absolute Gasteiger partial charge is 0.459 e. The van der Waals surface area contributed by atoms with Crippen LogP contribution in [-0.2, 0) is 17.8 Å². The third-order valence-electron chi connectivity index (χ3n) is 4.98. The van der Waals surface area contributed by atoms with Crippen LogP contribution in [0.1, 0.15) is 22.5 Å². The second-order valence-electron chi connectivity index (χ2n) is 7.27. The molecule has 0 spiro atoms. The molecule has 0 bridgehead atoms. The monoisotopic (exact) mass is 433 g/mol. The molecular weight excluding hydrogens is 410 g/mol. The number of carbonyl (C=O) groups is 2. The molecule has 4 aromatic rings. The predicted octanol–water partition coefficient (Wildman–Crippen LogP) is 1.64. The van der Waals surface area contributed by atoms with Gasteiger partial charge in [0.25, 0.3) is 5.91 Å². The quantitative estimate of drug-likeness (QED) is 0.390. The highest BCUT2D eigenvalue weighted by Crippen LogP contribution is 2.06. The molecule has 164 valence electrons. The van der Waals surface area contributed by atoms with Crippen molar-refractivity contribution in [1.82, 2.24) is 24.8 Å². The number of hydrogen-bond acceptors (Lipinski definition) is 5. The minimum absolute atomic E-state index is 0.141. The Hall–Kier alpha value is -4.14. The van der Waals surface area contributed by atoms with Gasteiger partial charge in [-0.1, -0.05) is 36.4 Å². The van der Waals surface area contributed by atoms with Crippen molar-refractivity contribution in [3.63, 3.8) is 0 Å². The lowest BCUT2D eigenvalue weighted by molar-refractivity contribution is -0.122. The van der Waals surface area contributed by atoms with E-state index >= 15 is 0 Å². The highest BCUT2D eigenvalue weighted by Gasteiger charge is 2.22. The van der Waals surface area contributed by atoms with Gasteiger partial charge in [0, 0.05) is 25.7 Å². The Morgan fingerprint density at radius 1 is 1.03 bits per heavy atom. The highest BCUT2D eigenvalue weighted by atomic mass is 16.3. The minimum Gasteiger partial charge on any atom is -0.459 e. The van der Waals surface area contributed by atoms with Crippen molar-refractivity contribution in [3.8, 4) is 0 Å². The first kappa shape index (κ1) is 21.1. The Morgan fingerprint density at radius 2 is 1.84 bits per heavy atom. The van der Waals surface area contributed by atoms with Crippen LogP contribution in [-0.4, -0.2) is 38.6 Å². The third kappa shape index (κ3) is 4.94. The van der Waals surface area contributed by atoms with Crippen LogP contribution in [0.3, 0.4) is 0 Å². The Kier molecular flexibility index (Phi) is 6.45. The summed E-state index contributed by atoms with van der Waals surface area (Å²) in [5.74, 6) is -0.625. The maximum Gasteiger partial charge on any atom is 0.350 e. The van der Waals surface area contributed by atoms with Gasteiger partial charge in [0.1, 0.15) is 6.04 Å². The van der Waals surface area contributed by atoms with Crippen molar-refractivity contribution < 1.29 is 14.0 Å². The Labute approximate surface area is 183 Å². The number of amides is 2. The van der Waals surface area contributed by atoms with Gasteiger partial charge in [-0.2, -0.15) is 0 Å². The molecule has 0 aliphatic heterocycles. The second-order valence-corrected chi connectivity index (χ2v) is 7.27. The number of benzene rings is 1. The number of carbonyl (C=O) groups excluding carboxylic acids is 2. The van der Waals surface area contributed by atoms with Crippen LogP contribution >= 0.6 is 0 Å². The minimum atomic E-state index is -0.770. The number of furan rings is 1. The summed E-state index contributed by atoms with van der Waals surface area (Å²) < 4.78 is 7.97. The summed E-state index contributed by atoms with van der Waals surface area (Å²) in [5.41, 5.74) is 1.27. The Morgan fingerprint density at radius 3 is 2.59 bits per heavy atom. The van der Waals surface area contributed by atoms with E-state index in [1.165, 1.54) is 15.3 Å². The molecular formula is C23H23N5O4. The van der Waals surface area contributed by atoms with Crippen molar-refractivity contribution in [1.29, 1.82) is 0 Å². The SMILES string of the molecule is O=C(NC(Cc1ccccc1)C(=O)NCCCn1nc2ccccn2c1=O)c1ccco1. The van der Waals surface area contributed by atoms with Gasteiger partial charge in [0.15, 0.2) is 11.4 Å². The molecule has 1 atom stereocenters. The number of hydrogen-bond donors (Lipinski definition) is 2. The molecule has 3 heterocycles. The normalized spacial score (nSPS) is 11.9. The molecule has 1 aromatic carbocycles. The zero-order chi connectivity index (χ0) is 22.3. The summed E-state index contributed by atoms with van der Waals surface area (Å²) in [4.78, 5) is 37.6. The van der Waals surface area contributed by atoms with Gasteiger partial charge in [0.2, 0.25) is 5.91 Å². The van der Waals surface area contributed by atoms with Crippen LogP contribution in [0, 0.1) is 0 Å². The third-order valence-corrected chi connectivity index (χ3v) is 4.98. The molecule has 1 unspecified atom stereocenters. The van der Waals surface area contributed by atoms with E-state index in [-0.39, 0.29) is 17.4 Å². The maximum atomic E-state index is 12.8. The van der Waals surface area contributed by atoms with E-state index < -0.39 is 11.9 Å². The average Bonchev–Trinajstić information content (AvgIpc) is 3.46. The molecule has 0 aliphatic rings. The number of pyridine rings is 1. The van der Waals surface area contributed by atoms with Crippen LogP contribution in [0.25, 0.3) is 5.65 Å². The van der Waals surface area contributed by atoms with Crippen LogP contribution in [0.2, 0.25) is 0 Å². The first-order valence-corrected chi connectivity index (χ1v) is 10.3. The summed E-state index contributed by atoms with van der Waals surface area (Å²) in [5, 5.41) is 9.86. The molecule has 4 rings (SSSR count). The van der Waals surface area contributed by atoms with Crippen LogP contribution < -0.4 is 16.3 Å². The van der Waals surface area contributed by atoms with Crippen LogP contribution in [0.4, 0.5) is 0 Å². The zero-order valence-corrected chi connectivity index (χ0v) is 17.3. The van der Waals surface area contributed by atoms with Crippen LogP contribution in [0.5, 0.6) is 0 Å². The van der Waals surface area contributed by atoms with Gasteiger partial charge < -0.3 is 15.1 Å². The first-order valence-electron chi connectivity index (χ1n) is 10.3. The van der Waals surface area contributed by atoms with E-state index in [1.54, 1.807) is 30.5 Å². The number of nitrogens with one attached hydrogen (secondary N) is 2. The lowest BCUT2D eigenvalue weighted by atomic mass is 10.0. The first-order chi connectivity index (χ1) is 15.6. The van der Waals surface area contributed by atoms with Gasteiger partial charge in [-0.05, 0) is 36.2 Å². The molecule has 3 aromatic heterocycles. The van der Waals surface area contributed by atoms with Crippen molar-refractivity contribution in [2.45, 2.75) is 25.4 Å². The van der Waals surface area contributed by atoms with Crippen LogP contribution in [0.15, 0.2) is 82.3 Å². The number of fused-ring (bicyclic) bond motifs is 1. The average molecular weight is 433 g/mol. The fraction of sp³-hybridized carbons (Fsp3) is 0.217. The lowest BCUT2D eigenvalue weighted by Gasteiger charge is -2.18. The summed E-state index contributed by atoms with van der Waals surface area (Å²) in [6.07, 6.45) is 3.92. The van der Waals surface area contributed by atoms with Crippen molar-refractivity contribution >= 4 is 17.5 Å². The summed E-state index contributed by atoms with van der Waals surface area (Å²) in [7, 11) is 0. The molecule has 2 N–H and O–H groups in total. The van der Waals surface area contributed by atoms with Gasteiger partial charge in [-0.3, -0.25) is 14.0 Å². The maximum absolute atomic E-state index is 12.8. The molecule has 0 aliphatic carbocycles. The van der Waals surface area contributed by atoms with Gasteiger partial charge in [-0.25, -0.2) is 9.48 Å². The predicted molar refractivity (Wildman–Crippen MR) is 117 cm³/mol. The van der Waals surface area contributed by atoms with Crippen molar-refractivity contribution in [3.05, 3.63) is 94.9 Å². The second kappa shape index (κ2) is 9.78. The van der Waals surface area contributed by atoms with E-state index in [0.29, 0.717) is 31.6 Å². The van der Waals surface area contributed by atoms with E-state index in [2.05, 4.69) is 15.7 Å². The van der Waals surface area contributed by atoms with E-state index in [4.69, 9.17) is 4.42 Å². The fourth-order valence-electron chi connectivity index (χ4n) is 3.37. The van der Waals surface area contributed by atoms with E-state index in [0.717, 1.165) is 5.56 Å².